The van der Waals surface area contributed by atoms with Crippen molar-refractivity contribution < 1.29 is 17.4 Å². The Balaban J connectivity index is 1.67. The number of rotatable bonds is 9. The van der Waals surface area contributed by atoms with Gasteiger partial charge in [-0.2, -0.15) is 8.42 Å². The van der Waals surface area contributed by atoms with Gasteiger partial charge in [-0.05, 0) is 23.6 Å². The fourth-order valence-corrected chi connectivity index (χ4v) is 5.64. The van der Waals surface area contributed by atoms with Gasteiger partial charge in [0.05, 0.1) is 17.1 Å². The van der Waals surface area contributed by atoms with Gasteiger partial charge < -0.3 is 9.50 Å². The molecule has 1 N–H and O–H groups in total. The van der Waals surface area contributed by atoms with E-state index in [4.69, 9.17) is 9.17 Å². The summed E-state index contributed by atoms with van der Waals surface area (Å²) in [4.78, 5) is 18.8. The molecule has 1 amide bonds. The van der Waals surface area contributed by atoms with Crippen LogP contribution in [0, 0.1) is 0 Å². The van der Waals surface area contributed by atoms with E-state index in [1.54, 1.807) is 42.5 Å². The van der Waals surface area contributed by atoms with Gasteiger partial charge in [0.15, 0.2) is 5.75 Å². The average Bonchev–Trinajstić information content (AvgIpc) is 2.96. The largest absolute Gasteiger partial charge is 0.379 e. The summed E-state index contributed by atoms with van der Waals surface area (Å²) in [7, 11) is -4.15. The van der Waals surface area contributed by atoms with E-state index in [1.807, 2.05) is 79.7 Å². The molecule has 4 aromatic carbocycles. The summed E-state index contributed by atoms with van der Waals surface area (Å²) in [5.74, 6) is -0.875. The minimum atomic E-state index is -4.15. The molecule has 0 fully saturated rings. The monoisotopic (exact) mass is 536 g/mol. The highest BCUT2D eigenvalue weighted by atomic mass is 32.2. The molecule has 5 rings (SSSR count). The van der Waals surface area contributed by atoms with Crippen LogP contribution < -0.4 is 9.50 Å². The van der Waals surface area contributed by atoms with Crippen LogP contribution in [-0.2, 0) is 15.9 Å². The highest BCUT2D eigenvalue weighted by Gasteiger charge is 2.28. The molecule has 0 saturated carbocycles. The van der Waals surface area contributed by atoms with Crippen molar-refractivity contribution in [2.45, 2.75) is 25.1 Å². The van der Waals surface area contributed by atoms with Crippen LogP contribution in [0.1, 0.15) is 40.9 Å². The van der Waals surface area contributed by atoms with Crippen LogP contribution in [0.5, 0.6) is 5.75 Å². The third-order valence-electron chi connectivity index (χ3n) is 6.43. The second-order valence-electron chi connectivity index (χ2n) is 9.16. The second kappa shape index (κ2) is 11.5. The van der Waals surface area contributed by atoms with E-state index in [1.165, 1.54) is 0 Å². The van der Waals surface area contributed by atoms with Crippen molar-refractivity contribution in [3.63, 3.8) is 0 Å². The van der Waals surface area contributed by atoms with E-state index >= 15 is 0 Å². The quantitative estimate of drug-likeness (QED) is 0.212. The van der Waals surface area contributed by atoms with Crippen molar-refractivity contribution in [2.75, 3.05) is 0 Å². The molecule has 0 saturated heterocycles. The molecule has 0 aliphatic heterocycles. The van der Waals surface area contributed by atoms with Crippen LogP contribution >= 0.6 is 0 Å². The molecule has 7 heteroatoms. The normalized spacial score (nSPS) is 12.1. The Hall–Kier alpha value is -4.49. The summed E-state index contributed by atoms with van der Waals surface area (Å²) in [5.41, 5.74) is 3.14. The summed E-state index contributed by atoms with van der Waals surface area (Å²) in [6.45, 7) is 1.99. The Morgan fingerprint density at radius 3 is 2.08 bits per heavy atom. The Bertz CT molecular complexity index is 1690. The number of nitrogens with one attached hydrogen (secondary N) is 1. The molecule has 0 spiro atoms. The highest BCUT2D eigenvalue weighted by Crippen LogP contribution is 2.38. The maximum atomic E-state index is 14.0. The molecule has 0 unspecified atom stereocenters. The van der Waals surface area contributed by atoms with Gasteiger partial charge in [0.1, 0.15) is 11.4 Å². The number of para-hydroxylation sites is 1. The molecule has 5 aromatic rings. The van der Waals surface area contributed by atoms with Crippen molar-refractivity contribution in [2.24, 2.45) is 0 Å². The number of aromatic nitrogens is 1. The van der Waals surface area contributed by atoms with E-state index in [-0.39, 0.29) is 28.8 Å². The third-order valence-corrected chi connectivity index (χ3v) is 7.54. The number of carbonyl (C=O) groups is 1. The fourth-order valence-electron chi connectivity index (χ4n) is 4.56. The number of fused-ring (bicyclic) bond motifs is 1. The van der Waals surface area contributed by atoms with Gasteiger partial charge in [0, 0.05) is 10.9 Å². The van der Waals surface area contributed by atoms with E-state index in [2.05, 4.69) is 5.32 Å². The van der Waals surface area contributed by atoms with Gasteiger partial charge >= 0.3 is 10.1 Å². The minimum absolute atomic E-state index is 0.0868. The van der Waals surface area contributed by atoms with Crippen molar-refractivity contribution in [1.29, 1.82) is 0 Å². The smallest absolute Gasteiger partial charge is 0.313 e. The van der Waals surface area contributed by atoms with Crippen molar-refractivity contribution in [3.8, 4) is 17.0 Å². The first-order valence-corrected chi connectivity index (χ1v) is 14.3. The van der Waals surface area contributed by atoms with Gasteiger partial charge in [-0.15, -0.1) is 0 Å². The Labute approximate surface area is 228 Å². The fraction of sp³-hybridized carbons (Fsp3) is 0.125. The molecule has 0 radical (unpaired) electrons. The van der Waals surface area contributed by atoms with Gasteiger partial charge in [0.25, 0.3) is 5.91 Å². The number of nitrogens with zero attached hydrogens (tertiary/aromatic N) is 1. The zero-order valence-corrected chi connectivity index (χ0v) is 22.3. The standard InChI is InChI=1S/C32H28N2O4S/c1-2-27(24-16-8-4-9-17-24)34-32(35)29-26-20-12-13-21-28(26)33-30(25-18-10-5-11-19-25)31(29)38-39(36,37)22-23-14-6-3-7-15-23/h3-21,27H,2,22H2,1H3,(H,34,35)/t27-/m0/s1. The summed E-state index contributed by atoms with van der Waals surface area (Å²) < 4.78 is 32.6. The molecule has 0 aliphatic carbocycles. The Kier molecular flexibility index (Phi) is 7.70. The minimum Gasteiger partial charge on any atom is -0.379 e. The summed E-state index contributed by atoms with van der Waals surface area (Å²) >= 11 is 0. The lowest BCUT2D eigenvalue weighted by Crippen LogP contribution is -2.29. The lowest BCUT2D eigenvalue weighted by Gasteiger charge is -2.21. The number of benzene rings is 4. The number of pyridine rings is 1. The van der Waals surface area contributed by atoms with Crippen LogP contribution in [0.3, 0.4) is 0 Å². The molecule has 0 aliphatic rings. The zero-order valence-electron chi connectivity index (χ0n) is 21.4. The molecular formula is C32H28N2O4S. The maximum absolute atomic E-state index is 14.0. The Morgan fingerprint density at radius 1 is 0.821 bits per heavy atom. The molecular weight excluding hydrogens is 508 g/mol. The molecule has 0 bridgehead atoms. The maximum Gasteiger partial charge on any atom is 0.313 e. The zero-order chi connectivity index (χ0) is 27.2. The van der Waals surface area contributed by atoms with Gasteiger partial charge in [-0.1, -0.05) is 116 Å². The van der Waals surface area contributed by atoms with Crippen molar-refractivity contribution in [3.05, 3.63) is 132 Å². The molecule has 1 heterocycles. The van der Waals surface area contributed by atoms with E-state index in [0.29, 0.717) is 28.5 Å². The molecule has 1 aromatic heterocycles. The lowest BCUT2D eigenvalue weighted by atomic mass is 10.00. The molecule has 39 heavy (non-hydrogen) atoms. The van der Waals surface area contributed by atoms with Gasteiger partial charge in [-0.25, -0.2) is 4.98 Å². The first kappa shape index (κ1) is 26.1. The number of hydrogen-bond acceptors (Lipinski definition) is 5. The number of carbonyl (C=O) groups excluding carboxylic acids is 1. The lowest BCUT2D eigenvalue weighted by molar-refractivity contribution is 0.0935. The predicted octanol–water partition coefficient (Wildman–Crippen LogP) is 6.69. The number of hydrogen-bond donors (Lipinski definition) is 1. The highest BCUT2D eigenvalue weighted by molar-refractivity contribution is 7.86. The van der Waals surface area contributed by atoms with E-state index in [9.17, 15) is 13.2 Å². The van der Waals surface area contributed by atoms with Crippen LogP contribution in [0.2, 0.25) is 0 Å². The van der Waals surface area contributed by atoms with Crippen LogP contribution in [0.15, 0.2) is 115 Å². The van der Waals surface area contributed by atoms with E-state index in [0.717, 1.165) is 5.56 Å². The van der Waals surface area contributed by atoms with Crippen molar-refractivity contribution >= 4 is 26.9 Å². The van der Waals surface area contributed by atoms with Crippen LogP contribution in [0.25, 0.3) is 22.2 Å². The molecule has 6 nitrogen and oxygen atoms in total. The molecule has 1 atom stereocenters. The van der Waals surface area contributed by atoms with Gasteiger partial charge in [0.2, 0.25) is 0 Å². The summed E-state index contributed by atoms with van der Waals surface area (Å²) in [6, 6.07) is 34.5. The topological polar surface area (TPSA) is 85.4 Å². The summed E-state index contributed by atoms with van der Waals surface area (Å²) in [5, 5.41) is 3.61. The van der Waals surface area contributed by atoms with Gasteiger partial charge in [-0.3, -0.25) is 4.79 Å². The van der Waals surface area contributed by atoms with Crippen LogP contribution in [0.4, 0.5) is 0 Å². The SMILES string of the molecule is CC[C@H](NC(=O)c1c(OS(=O)(=O)Cc2ccccc2)c(-c2ccccc2)nc2ccccc12)c1ccccc1. The van der Waals surface area contributed by atoms with Crippen LogP contribution in [-0.4, -0.2) is 19.3 Å². The van der Waals surface area contributed by atoms with Crippen molar-refractivity contribution in [1.82, 2.24) is 10.3 Å². The van der Waals surface area contributed by atoms with E-state index < -0.39 is 16.0 Å². The first-order chi connectivity index (χ1) is 18.9. The third kappa shape index (κ3) is 5.99. The first-order valence-electron chi connectivity index (χ1n) is 12.7. The molecule has 196 valence electrons. The number of amides is 1. The predicted molar refractivity (Wildman–Crippen MR) is 154 cm³/mol. The average molecular weight is 537 g/mol. The Morgan fingerprint density at radius 2 is 1.41 bits per heavy atom. The summed E-state index contributed by atoms with van der Waals surface area (Å²) in [6.07, 6.45) is 0.646. The second-order valence-corrected chi connectivity index (χ2v) is 10.7.